The lowest BCUT2D eigenvalue weighted by atomic mass is 10.2. The molecule has 0 aliphatic heterocycles. The maximum absolute atomic E-state index is 11.2. The summed E-state index contributed by atoms with van der Waals surface area (Å²) >= 11 is 0. The van der Waals surface area contributed by atoms with Crippen LogP contribution in [0.5, 0.6) is 0 Å². The molecular formula is C10H20N2O. The van der Waals surface area contributed by atoms with Crippen molar-refractivity contribution in [1.82, 2.24) is 9.80 Å². The molecule has 0 fully saturated rings. The van der Waals surface area contributed by atoms with Crippen molar-refractivity contribution in [3.63, 3.8) is 0 Å². The Morgan fingerprint density at radius 1 is 1.23 bits per heavy atom. The van der Waals surface area contributed by atoms with Crippen molar-refractivity contribution in [1.29, 1.82) is 0 Å². The first-order chi connectivity index (χ1) is 5.97. The van der Waals surface area contributed by atoms with Crippen molar-refractivity contribution in [2.75, 3.05) is 34.7 Å². The lowest BCUT2D eigenvalue weighted by Crippen LogP contribution is -2.24. The minimum Gasteiger partial charge on any atom is -0.380 e. The molecule has 0 spiro atoms. The SMILES string of the molecule is CCC(=O)/C=C(\CN(C)C)N(C)C. The second kappa shape index (κ2) is 5.75. The van der Waals surface area contributed by atoms with E-state index in [2.05, 4.69) is 4.90 Å². The summed E-state index contributed by atoms with van der Waals surface area (Å²) in [7, 11) is 7.90. The molecule has 0 N–H and O–H groups in total. The molecule has 0 aliphatic rings. The van der Waals surface area contributed by atoms with E-state index in [0.717, 1.165) is 12.2 Å². The van der Waals surface area contributed by atoms with Gasteiger partial charge in [-0.05, 0) is 14.1 Å². The van der Waals surface area contributed by atoms with Crippen LogP contribution in [0.2, 0.25) is 0 Å². The topological polar surface area (TPSA) is 23.6 Å². The van der Waals surface area contributed by atoms with Crippen LogP contribution in [-0.2, 0) is 4.79 Å². The van der Waals surface area contributed by atoms with Gasteiger partial charge in [-0.2, -0.15) is 0 Å². The third-order valence-electron chi connectivity index (χ3n) is 1.73. The highest BCUT2D eigenvalue weighted by molar-refractivity contribution is 5.89. The standard InChI is InChI=1S/C10H20N2O/c1-6-10(13)7-9(12(4)5)8-11(2)3/h7H,6,8H2,1-5H3/b9-7+. The molecular weight excluding hydrogens is 164 g/mol. The van der Waals surface area contributed by atoms with E-state index >= 15 is 0 Å². The molecule has 0 saturated heterocycles. The van der Waals surface area contributed by atoms with E-state index in [-0.39, 0.29) is 5.78 Å². The van der Waals surface area contributed by atoms with Gasteiger partial charge in [-0.15, -0.1) is 0 Å². The highest BCUT2D eigenvalue weighted by atomic mass is 16.1. The van der Waals surface area contributed by atoms with Crippen molar-refractivity contribution in [3.05, 3.63) is 11.8 Å². The Labute approximate surface area is 81.0 Å². The van der Waals surface area contributed by atoms with E-state index in [1.54, 1.807) is 6.08 Å². The Hall–Kier alpha value is -0.830. The van der Waals surface area contributed by atoms with Crippen LogP contribution in [0.1, 0.15) is 13.3 Å². The zero-order valence-corrected chi connectivity index (χ0v) is 9.29. The summed E-state index contributed by atoms with van der Waals surface area (Å²) in [5.41, 5.74) is 1.05. The van der Waals surface area contributed by atoms with E-state index < -0.39 is 0 Å². The normalized spacial score (nSPS) is 12.0. The minimum atomic E-state index is 0.186. The molecule has 0 atom stereocenters. The van der Waals surface area contributed by atoms with Crippen LogP contribution >= 0.6 is 0 Å². The van der Waals surface area contributed by atoms with Crippen LogP contribution in [0.3, 0.4) is 0 Å². The van der Waals surface area contributed by atoms with Gasteiger partial charge in [0.05, 0.1) is 0 Å². The molecule has 0 aromatic rings. The Morgan fingerprint density at radius 3 is 2.08 bits per heavy atom. The van der Waals surface area contributed by atoms with Crippen molar-refractivity contribution in [3.8, 4) is 0 Å². The van der Waals surface area contributed by atoms with Crippen molar-refractivity contribution in [2.24, 2.45) is 0 Å². The molecule has 3 nitrogen and oxygen atoms in total. The average molecular weight is 184 g/mol. The summed E-state index contributed by atoms with van der Waals surface area (Å²) in [6.07, 6.45) is 2.30. The number of carbonyl (C=O) groups excluding carboxylic acids is 1. The van der Waals surface area contributed by atoms with Crippen molar-refractivity contribution < 1.29 is 4.79 Å². The molecule has 0 unspecified atom stereocenters. The molecule has 0 amide bonds. The van der Waals surface area contributed by atoms with Crippen molar-refractivity contribution >= 4 is 5.78 Å². The lowest BCUT2D eigenvalue weighted by molar-refractivity contribution is -0.114. The number of carbonyl (C=O) groups is 1. The number of nitrogens with zero attached hydrogens (tertiary/aromatic N) is 2. The lowest BCUT2D eigenvalue weighted by Gasteiger charge is -2.20. The maximum Gasteiger partial charge on any atom is 0.157 e. The zero-order chi connectivity index (χ0) is 10.4. The fraction of sp³-hybridized carbons (Fsp3) is 0.700. The van der Waals surface area contributed by atoms with Gasteiger partial charge in [0.2, 0.25) is 0 Å². The molecule has 0 rings (SSSR count). The number of allylic oxidation sites excluding steroid dienone is 1. The van der Waals surface area contributed by atoms with Gasteiger partial charge >= 0.3 is 0 Å². The van der Waals surface area contributed by atoms with Gasteiger partial charge in [0.1, 0.15) is 0 Å². The van der Waals surface area contributed by atoms with Crippen LogP contribution < -0.4 is 0 Å². The van der Waals surface area contributed by atoms with E-state index in [0.29, 0.717) is 6.42 Å². The van der Waals surface area contributed by atoms with Crippen LogP contribution in [0, 0.1) is 0 Å². The highest BCUT2D eigenvalue weighted by Gasteiger charge is 2.03. The minimum absolute atomic E-state index is 0.186. The predicted octanol–water partition coefficient (Wildman–Crippen LogP) is 0.973. The summed E-state index contributed by atoms with van der Waals surface area (Å²) in [6, 6.07) is 0. The van der Waals surface area contributed by atoms with Crippen LogP contribution in [0.4, 0.5) is 0 Å². The van der Waals surface area contributed by atoms with Crippen LogP contribution in [-0.4, -0.2) is 50.3 Å². The van der Waals surface area contributed by atoms with Gasteiger partial charge < -0.3 is 9.80 Å². The van der Waals surface area contributed by atoms with Crippen LogP contribution in [0.15, 0.2) is 11.8 Å². The largest absolute Gasteiger partial charge is 0.380 e. The number of hydrogen-bond donors (Lipinski definition) is 0. The number of hydrogen-bond acceptors (Lipinski definition) is 3. The molecule has 0 bridgehead atoms. The van der Waals surface area contributed by atoms with Crippen LogP contribution in [0.25, 0.3) is 0 Å². The Morgan fingerprint density at radius 2 is 1.77 bits per heavy atom. The molecule has 0 aromatic carbocycles. The first kappa shape index (κ1) is 12.2. The highest BCUT2D eigenvalue weighted by Crippen LogP contribution is 2.01. The average Bonchev–Trinajstić information content (AvgIpc) is 2.02. The number of ketones is 1. The van der Waals surface area contributed by atoms with E-state index in [1.165, 1.54) is 0 Å². The van der Waals surface area contributed by atoms with Gasteiger partial charge in [0.25, 0.3) is 0 Å². The molecule has 76 valence electrons. The molecule has 3 heteroatoms. The summed E-state index contributed by atoms with van der Waals surface area (Å²) < 4.78 is 0. The Kier molecular flexibility index (Phi) is 5.39. The quantitative estimate of drug-likeness (QED) is 0.595. The van der Waals surface area contributed by atoms with Crippen molar-refractivity contribution in [2.45, 2.75) is 13.3 Å². The zero-order valence-electron chi connectivity index (χ0n) is 9.29. The second-order valence-electron chi connectivity index (χ2n) is 3.59. The molecule has 0 radical (unpaired) electrons. The van der Waals surface area contributed by atoms with E-state index in [9.17, 15) is 4.79 Å². The number of rotatable bonds is 5. The molecule has 0 aliphatic carbocycles. The summed E-state index contributed by atoms with van der Waals surface area (Å²) in [5.74, 6) is 0.186. The molecule has 13 heavy (non-hydrogen) atoms. The second-order valence-corrected chi connectivity index (χ2v) is 3.59. The monoisotopic (exact) mass is 184 g/mol. The molecule has 0 aromatic heterocycles. The fourth-order valence-corrected chi connectivity index (χ4v) is 0.928. The van der Waals surface area contributed by atoms with Gasteiger partial charge in [-0.25, -0.2) is 0 Å². The smallest absolute Gasteiger partial charge is 0.157 e. The van der Waals surface area contributed by atoms with E-state index in [4.69, 9.17) is 0 Å². The Bertz CT molecular complexity index is 195. The van der Waals surface area contributed by atoms with Gasteiger partial charge in [0.15, 0.2) is 5.78 Å². The first-order valence-corrected chi connectivity index (χ1v) is 4.52. The molecule has 0 saturated carbocycles. The number of likely N-dealkylation sites (N-methyl/N-ethyl adjacent to an activating group) is 2. The summed E-state index contributed by atoms with van der Waals surface area (Å²) in [6.45, 7) is 2.68. The third kappa shape index (κ3) is 5.42. The van der Waals surface area contributed by atoms with Gasteiger partial charge in [-0.3, -0.25) is 4.79 Å². The summed E-state index contributed by atoms with van der Waals surface area (Å²) in [4.78, 5) is 15.2. The maximum atomic E-state index is 11.2. The Balaban J connectivity index is 4.41. The van der Waals surface area contributed by atoms with Gasteiger partial charge in [0, 0.05) is 38.8 Å². The first-order valence-electron chi connectivity index (χ1n) is 4.52. The summed E-state index contributed by atoms with van der Waals surface area (Å²) in [5, 5.41) is 0. The third-order valence-corrected chi connectivity index (χ3v) is 1.73. The molecule has 0 heterocycles. The predicted molar refractivity (Wildman–Crippen MR) is 55.6 cm³/mol. The fourth-order valence-electron chi connectivity index (χ4n) is 0.928. The van der Waals surface area contributed by atoms with Gasteiger partial charge in [-0.1, -0.05) is 6.92 Å². The van der Waals surface area contributed by atoms with E-state index in [1.807, 2.05) is 40.0 Å².